The molecule has 0 bridgehead atoms. The minimum absolute atomic E-state index is 0.0797. The van der Waals surface area contributed by atoms with E-state index in [1.807, 2.05) is 6.07 Å². The first-order chi connectivity index (χ1) is 12.8. The van der Waals surface area contributed by atoms with E-state index in [9.17, 15) is 13.2 Å². The molecule has 1 N–H and O–H groups in total. The van der Waals surface area contributed by atoms with Gasteiger partial charge >= 0.3 is 6.18 Å². The van der Waals surface area contributed by atoms with Crippen LogP contribution in [0.15, 0.2) is 42.5 Å². The summed E-state index contributed by atoms with van der Waals surface area (Å²) in [5, 5.41) is 11.9. The molecule has 3 rings (SSSR count). The molecular formula is C19H15Cl2F3N2O. The molecule has 3 nitrogen and oxygen atoms in total. The molecule has 0 amide bonds. The van der Waals surface area contributed by atoms with Crippen LogP contribution >= 0.6 is 23.2 Å². The highest BCUT2D eigenvalue weighted by molar-refractivity contribution is 6.42. The van der Waals surface area contributed by atoms with Crippen molar-refractivity contribution in [3.63, 3.8) is 0 Å². The van der Waals surface area contributed by atoms with E-state index in [1.54, 1.807) is 30.3 Å². The number of hydrogen-bond acceptors (Lipinski definition) is 3. The molecule has 142 valence electrons. The molecule has 1 heterocycles. The van der Waals surface area contributed by atoms with Crippen molar-refractivity contribution in [2.75, 3.05) is 6.61 Å². The van der Waals surface area contributed by atoms with Crippen molar-refractivity contribution in [1.29, 1.82) is 5.26 Å². The van der Waals surface area contributed by atoms with Crippen molar-refractivity contribution in [1.82, 2.24) is 5.32 Å². The minimum atomic E-state index is -4.40. The van der Waals surface area contributed by atoms with Crippen LogP contribution in [0.3, 0.4) is 0 Å². The van der Waals surface area contributed by atoms with Crippen LogP contribution in [0, 0.1) is 11.3 Å². The Morgan fingerprint density at radius 1 is 1.11 bits per heavy atom. The molecular weight excluding hydrogens is 400 g/mol. The highest BCUT2D eigenvalue weighted by Crippen LogP contribution is 2.41. The molecule has 0 radical (unpaired) electrons. The number of ether oxygens (including phenoxy) is 1. The number of hydrogen-bond donors (Lipinski definition) is 1. The number of nitrogens with one attached hydrogen (secondary N) is 1. The van der Waals surface area contributed by atoms with E-state index in [0.29, 0.717) is 21.9 Å². The van der Waals surface area contributed by atoms with E-state index >= 15 is 0 Å². The lowest BCUT2D eigenvalue weighted by atomic mass is 9.90. The lowest BCUT2D eigenvalue weighted by Crippen LogP contribution is -2.44. The van der Waals surface area contributed by atoms with Gasteiger partial charge in [-0.05, 0) is 48.4 Å². The van der Waals surface area contributed by atoms with Crippen LogP contribution in [0.5, 0.6) is 5.75 Å². The zero-order valence-corrected chi connectivity index (χ0v) is 15.4. The van der Waals surface area contributed by atoms with E-state index in [2.05, 4.69) is 5.32 Å². The highest BCUT2D eigenvalue weighted by atomic mass is 35.5. The van der Waals surface area contributed by atoms with Crippen molar-refractivity contribution < 1.29 is 17.9 Å². The van der Waals surface area contributed by atoms with Gasteiger partial charge in [0, 0.05) is 12.0 Å². The molecule has 0 aliphatic carbocycles. The fourth-order valence-corrected chi connectivity index (χ4v) is 3.52. The number of halogens is 5. The van der Waals surface area contributed by atoms with Gasteiger partial charge < -0.3 is 4.74 Å². The Morgan fingerprint density at radius 3 is 2.41 bits per heavy atom. The standard InChI is InChI=1S/C19H15Cl2F3N2O/c20-16-6-3-12(7-17(16)21)15-8-13(26-18(15)19(22,23)24)10-27-14-4-1-11(9-25)2-5-14/h1-7,13,15,18,26H,8,10H2/t13-,15?,18+/m0/s1. The summed E-state index contributed by atoms with van der Waals surface area (Å²) in [7, 11) is 0. The Kier molecular flexibility index (Phi) is 5.85. The lowest BCUT2D eigenvalue weighted by Gasteiger charge is -2.23. The van der Waals surface area contributed by atoms with Crippen molar-refractivity contribution in [2.24, 2.45) is 0 Å². The van der Waals surface area contributed by atoms with E-state index in [0.717, 1.165) is 0 Å². The van der Waals surface area contributed by atoms with Crippen LogP contribution in [-0.2, 0) is 0 Å². The van der Waals surface area contributed by atoms with Crippen LogP contribution in [0.25, 0.3) is 0 Å². The maximum Gasteiger partial charge on any atom is 0.404 e. The summed E-state index contributed by atoms with van der Waals surface area (Å²) in [4.78, 5) is 0. The average molecular weight is 415 g/mol. The quantitative estimate of drug-likeness (QED) is 0.735. The van der Waals surface area contributed by atoms with Crippen molar-refractivity contribution in [3.8, 4) is 11.8 Å². The Bertz CT molecular complexity index is 850. The lowest BCUT2D eigenvalue weighted by molar-refractivity contribution is -0.156. The smallest absolute Gasteiger partial charge is 0.404 e. The van der Waals surface area contributed by atoms with Gasteiger partial charge in [-0.3, -0.25) is 5.32 Å². The second kappa shape index (κ2) is 7.97. The van der Waals surface area contributed by atoms with Crippen LogP contribution in [0.4, 0.5) is 13.2 Å². The molecule has 2 aromatic rings. The molecule has 1 saturated heterocycles. The monoisotopic (exact) mass is 414 g/mol. The summed E-state index contributed by atoms with van der Waals surface area (Å²) in [5.41, 5.74) is 0.971. The van der Waals surface area contributed by atoms with E-state index in [4.69, 9.17) is 33.2 Å². The Hall–Kier alpha value is -1.94. The number of benzene rings is 2. The van der Waals surface area contributed by atoms with Gasteiger partial charge in [-0.2, -0.15) is 18.4 Å². The first-order valence-corrected chi connectivity index (χ1v) is 8.94. The third-order valence-corrected chi connectivity index (χ3v) is 5.25. The molecule has 3 atom stereocenters. The molecule has 1 aliphatic rings. The summed E-state index contributed by atoms with van der Waals surface area (Å²) < 4.78 is 46.1. The summed E-state index contributed by atoms with van der Waals surface area (Å²) in [6.07, 6.45) is -4.15. The fraction of sp³-hybridized carbons (Fsp3) is 0.316. The predicted octanol–water partition coefficient (Wildman–Crippen LogP) is 5.32. The fourth-order valence-electron chi connectivity index (χ4n) is 3.21. The third kappa shape index (κ3) is 4.67. The van der Waals surface area contributed by atoms with Crippen molar-refractivity contribution >= 4 is 23.2 Å². The van der Waals surface area contributed by atoms with Gasteiger partial charge in [-0.25, -0.2) is 0 Å². The molecule has 8 heteroatoms. The minimum Gasteiger partial charge on any atom is -0.492 e. The molecule has 0 saturated carbocycles. The second-order valence-electron chi connectivity index (χ2n) is 6.35. The first kappa shape index (κ1) is 19.8. The van der Waals surface area contributed by atoms with Gasteiger partial charge in [0.15, 0.2) is 0 Å². The van der Waals surface area contributed by atoms with Gasteiger partial charge in [-0.1, -0.05) is 29.3 Å². The van der Waals surface area contributed by atoms with Crippen molar-refractivity contribution in [3.05, 3.63) is 63.6 Å². The molecule has 1 fully saturated rings. The van der Waals surface area contributed by atoms with Gasteiger partial charge in [0.05, 0.1) is 21.7 Å². The summed E-state index contributed by atoms with van der Waals surface area (Å²) >= 11 is 11.8. The molecule has 2 aromatic carbocycles. The highest BCUT2D eigenvalue weighted by Gasteiger charge is 2.50. The SMILES string of the molecule is N#Cc1ccc(OC[C@@H]2CC(c3ccc(Cl)c(Cl)c3)[C@H](C(F)(F)F)N2)cc1. The van der Waals surface area contributed by atoms with Crippen LogP contribution < -0.4 is 10.1 Å². The molecule has 1 unspecified atom stereocenters. The van der Waals surface area contributed by atoms with Gasteiger partial charge in [0.1, 0.15) is 18.4 Å². The van der Waals surface area contributed by atoms with Crippen molar-refractivity contribution in [2.45, 2.75) is 30.6 Å². The Labute approximate surface area is 164 Å². The zero-order chi connectivity index (χ0) is 19.6. The normalized spacial score (nSPS) is 22.4. The van der Waals surface area contributed by atoms with Crippen LogP contribution in [0.1, 0.15) is 23.5 Å². The van der Waals surface area contributed by atoms with Gasteiger partial charge in [0.25, 0.3) is 0 Å². The maximum absolute atomic E-state index is 13.5. The first-order valence-electron chi connectivity index (χ1n) is 8.18. The average Bonchev–Trinajstić information content (AvgIpc) is 3.07. The summed E-state index contributed by atoms with van der Waals surface area (Å²) in [6.45, 7) is 0.0797. The number of nitriles is 1. The van der Waals surface area contributed by atoms with E-state index in [-0.39, 0.29) is 18.1 Å². The topological polar surface area (TPSA) is 45.0 Å². The summed E-state index contributed by atoms with van der Waals surface area (Å²) in [5.74, 6) is -0.285. The maximum atomic E-state index is 13.5. The van der Waals surface area contributed by atoms with Crippen LogP contribution in [0.2, 0.25) is 10.0 Å². The Morgan fingerprint density at radius 2 is 1.81 bits per heavy atom. The zero-order valence-electron chi connectivity index (χ0n) is 13.9. The summed E-state index contributed by atoms with van der Waals surface area (Å²) in [6, 6.07) is 10.8. The third-order valence-electron chi connectivity index (χ3n) is 4.52. The van der Waals surface area contributed by atoms with E-state index < -0.39 is 24.2 Å². The molecule has 0 spiro atoms. The number of alkyl halides is 3. The number of nitrogens with zero attached hydrogens (tertiary/aromatic N) is 1. The predicted molar refractivity (Wildman–Crippen MR) is 97.2 cm³/mol. The van der Waals surface area contributed by atoms with Gasteiger partial charge in [0.2, 0.25) is 0 Å². The number of rotatable bonds is 4. The Balaban J connectivity index is 1.72. The molecule has 27 heavy (non-hydrogen) atoms. The molecule has 1 aliphatic heterocycles. The van der Waals surface area contributed by atoms with Crippen LogP contribution in [-0.4, -0.2) is 24.9 Å². The largest absolute Gasteiger partial charge is 0.492 e. The second-order valence-corrected chi connectivity index (χ2v) is 7.16. The van der Waals surface area contributed by atoms with E-state index in [1.165, 1.54) is 12.1 Å². The van der Waals surface area contributed by atoms with Gasteiger partial charge in [-0.15, -0.1) is 0 Å². The molecule has 0 aromatic heterocycles.